The zero-order chi connectivity index (χ0) is 24.0. The summed E-state index contributed by atoms with van der Waals surface area (Å²) in [4.78, 5) is 32.0. The molecule has 3 amide bonds. The summed E-state index contributed by atoms with van der Waals surface area (Å²) in [5, 5.41) is 23.7. The van der Waals surface area contributed by atoms with Gasteiger partial charge < -0.3 is 30.3 Å². The van der Waals surface area contributed by atoms with Crippen LogP contribution in [0.3, 0.4) is 0 Å². The lowest BCUT2D eigenvalue weighted by Gasteiger charge is -2.50. The fourth-order valence-electron chi connectivity index (χ4n) is 5.52. The Morgan fingerprint density at radius 2 is 1.94 bits per heavy atom. The van der Waals surface area contributed by atoms with Crippen molar-refractivity contribution in [3.8, 4) is 5.75 Å². The second kappa shape index (κ2) is 8.32. The van der Waals surface area contributed by atoms with Crippen molar-refractivity contribution in [1.29, 1.82) is 0 Å². The maximum atomic E-state index is 14.0. The van der Waals surface area contributed by atoms with E-state index in [1.54, 1.807) is 34.1 Å². The molecule has 5 rings (SSSR count). The van der Waals surface area contributed by atoms with Gasteiger partial charge in [0.15, 0.2) is 0 Å². The van der Waals surface area contributed by atoms with Gasteiger partial charge in [-0.2, -0.15) is 0 Å². The van der Waals surface area contributed by atoms with E-state index in [0.29, 0.717) is 32.5 Å². The van der Waals surface area contributed by atoms with Crippen LogP contribution >= 0.6 is 0 Å². The van der Waals surface area contributed by atoms with Gasteiger partial charge in [0.05, 0.1) is 18.3 Å². The largest absolute Gasteiger partial charge is 0.508 e. The van der Waals surface area contributed by atoms with Gasteiger partial charge in [0.25, 0.3) is 0 Å². The van der Waals surface area contributed by atoms with E-state index in [1.165, 1.54) is 19.1 Å². The number of urea groups is 1. The third-order valence-electron chi connectivity index (χ3n) is 7.22. The zero-order valence-corrected chi connectivity index (χ0v) is 18.8. The smallest absolute Gasteiger partial charge is 0.321 e. The first-order valence-corrected chi connectivity index (χ1v) is 11.4. The number of piperidine rings is 1. The summed E-state index contributed by atoms with van der Waals surface area (Å²) in [6.45, 7) is 2.56. The highest BCUT2D eigenvalue weighted by Crippen LogP contribution is 2.49. The molecular weight excluding hydrogens is 439 g/mol. The molecule has 4 N–H and O–H groups in total. The average molecular weight is 467 g/mol. The predicted octanol–water partition coefficient (Wildman–Crippen LogP) is 3.47. The first kappa shape index (κ1) is 22.2. The lowest BCUT2D eigenvalue weighted by atomic mass is 9.68. The number of halogens is 1. The van der Waals surface area contributed by atoms with Crippen molar-refractivity contribution in [3.05, 3.63) is 59.5 Å². The first-order valence-electron chi connectivity index (χ1n) is 11.4. The minimum absolute atomic E-state index is 0.128. The molecule has 34 heavy (non-hydrogen) atoms. The number of carbonyl (C=O) groups is 2. The van der Waals surface area contributed by atoms with Gasteiger partial charge in [-0.05, 0) is 42.7 Å². The highest BCUT2D eigenvalue weighted by atomic mass is 19.1. The summed E-state index contributed by atoms with van der Waals surface area (Å²) in [7, 11) is 0. The molecule has 8 nitrogen and oxygen atoms in total. The Morgan fingerprint density at radius 3 is 2.62 bits per heavy atom. The minimum Gasteiger partial charge on any atom is -0.508 e. The third kappa shape index (κ3) is 3.56. The molecular formula is C25H27FN4O4. The Kier molecular flexibility index (Phi) is 5.44. The van der Waals surface area contributed by atoms with Crippen molar-refractivity contribution >= 4 is 28.5 Å². The number of aromatic hydroxyl groups is 1. The fraction of sp³-hybridized carbons (Fsp3) is 0.360. The van der Waals surface area contributed by atoms with Crippen LogP contribution in [0.25, 0.3) is 10.9 Å². The number of nitrogens with zero attached hydrogens (tertiary/aromatic N) is 2. The number of anilines is 1. The number of aromatic nitrogens is 1. The molecule has 178 valence electrons. The van der Waals surface area contributed by atoms with Crippen LogP contribution in [0.15, 0.2) is 42.5 Å². The number of nitrogens with one attached hydrogen (secondary N) is 2. The van der Waals surface area contributed by atoms with E-state index in [1.807, 2.05) is 6.07 Å². The van der Waals surface area contributed by atoms with Gasteiger partial charge in [-0.15, -0.1) is 0 Å². The molecule has 0 aliphatic carbocycles. The summed E-state index contributed by atoms with van der Waals surface area (Å²) in [5.74, 6) is -0.496. The van der Waals surface area contributed by atoms with E-state index >= 15 is 0 Å². The number of amides is 3. The van der Waals surface area contributed by atoms with Crippen molar-refractivity contribution in [2.45, 2.75) is 31.2 Å². The summed E-state index contributed by atoms with van der Waals surface area (Å²) < 4.78 is 14.0. The molecule has 1 atom stereocenters. The number of hydrogen-bond acceptors (Lipinski definition) is 4. The highest BCUT2D eigenvalue weighted by molar-refractivity contribution is 5.90. The molecule has 1 fully saturated rings. The van der Waals surface area contributed by atoms with Gasteiger partial charge in [0.2, 0.25) is 5.91 Å². The SMILES string of the molecule is CC(=O)N1CC2(CCN(C(=O)Nc3ccccc3F)CC2)c2c([nH]c3cc(O)ccc23)[C@@H]1CO. The van der Waals surface area contributed by atoms with Crippen molar-refractivity contribution in [2.24, 2.45) is 0 Å². The van der Waals surface area contributed by atoms with E-state index in [2.05, 4.69) is 10.3 Å². The number of fused-ring (bicyclic) bond motifs is 4. The van der Waals surface area contributed by atoms with Gasteiger partial charge >= 0.3 is 6.03 Å². The van der Waals surface area contributed by atoms with Crippen molar-refractivity contribution in [3.63, 3.8) is 0 Å². The number of aliphatic hydroxyl groups is 1. The number of benzene rings is 2. The molecule has 3 aromatic rings. The van der Waals surface area contributed by atoms with Crippen LogP contribution < -0.4 is 5.32 Å². The number of H-pyrrole nitrogens is 1. The Hall–Kier alpha value is -3.59. The Labute approximate surface area is 196 Å². The van der Waals surface area contributed by atoms with Crippen LogP contribution in [-0.4, -0.2) is 63.2 Å². The molecule has 1 aromatic heterocycles. The van der Waals surface area contributed by atoms with Crippen molar-refractivity contribution < 1.29 is 24.2 Å². The topological polar surface area (TPSA) is 109 Å². The lowest BCUT2D eigenvalue weighted by molar-refractivity contribution is -0.134. The molecule has 2 aliphatic rings. The molecule has 0 unspecified atom stereocenters. The van der Waals surface area contributed by atoms with E-state index in [4.69, 9.17) is 0 Å². The van der Waals surface area contributed by atoms with Gasteiger partial charge in [-0.25, -0.2) is 9.18 Å². The number of phenols is 1. The van der Waals surface area contributed by atoms with Crippen LogP contribution in [0, 0.1) is 5.82 Å². The molecule has 0 radical (unpaired) electrons. The number of likely N-dealkylation sites (tertiary alicyclic amines) is 1. The number of aromatic amines is 1. The van der Waals surface area contributed by atoms with E-state index in [9.17, 15) is 24.2 Å². The van der Waals surface area contributed by atoms with E-state index in [0.717, 1.165) is 22.2 Å². The predicted molar refractivity (Wildman–Crippen MR) is 125 cm³/mol. The molecule has 9 heteroatoms. The number of carbonyl (C=O) groups excluding carboxylic acids is 2. The van der Waals surface area contributed by atoms with Crippen LogP contribution in [-0.2, 0) is 10.2 Å². The lowest BCUT2D eigenvalue weighted by Crippen LogP contribution is -2.55. The molecule has 3 heterocycles. The molecule has 1 spiro atoms. The molecule has 0 saturated carbocycles. The summed E-state index contributed by atoms with van der Waals surface area (Å²) in [6, 6.07) is 10.3. The van der Waals surface area contributed by atoms with Crippen LogP contribution in [0.5, 0.6) is 5.75 Å². The normalized spacial score (nSPS) is 19.3. The second-order valence-corrected chi connectivity index (χ2v) is 9.17. The monoisotopic (exact) mass is 466 g/mol. The highest BCUT2D eigenvalue weighted by Gasteiger charge is 2.48. The number of phenolic OH excluding ortho intramolecular Hbond substituents is 1. The Bertz CT molecular complexity index is 1270. The van der Waals surface area contributed by atoms with Gasteiger partial charge in [-0.3, -0.25) is 4.79 Å². The van der Waals surface area contributed by atoms with Crippen LogP contribution in [0.2, 0.25) is 0 Å². The van der Waals surface area contributed by atoms with Gasteiger partial charge in [0, 0.05) is 54.6 Å². The summed E-state index contributed by atoms with van der Waals surface area (Å²) in [6.07, 6.45) is 1.20. The third-order valence-corrected chi connectivity index (χ3v) is 7.22. The number of aliphatic hydroxyl groups excluding tert-OH is 1. The number of para-hydroxylation sites is 1. The second-order valence-electron chi connectivity index (χ2n) is 9.17. The minimum atomic E-state index is -0.505. The standard InChI is InChI=1S/C25H27FN4O4/c1-15(32)30-14-25(22-17-7-6-16(33)12-20(17)27-23(22)21(30)13-31)8-10-29(11-9-25)24(34)28-19-5-3-2-4-18(19)26/h2-7,12,21,27,31,33H,8-11,13-14H2,1H3,(H,28,34)/t21-/m0/s1. The molecule has 1 saturated heterocycles. The fourth-order valence-corrected chi connectivity index (χ4v) is 5.52. The zero-order valence-electron chi connectivity index (χ0n) is 18.8. The van der Waals surface area contributed by atoms with Crippen LogP contribution in [0.4, 0.5) is 14.9 Å². The van der Waals surface area contributed by atoms with E-state index < -0.39 is 17.3 Å². The van der Waals surface area contributed by atoms with E-state index in [-0.39, 0.29) is 30.0 Å². The average Bonchev–Trinajstić information content (AvgIpc) is 3.20. The van der Waals surface area contributed by atoms with Gasteiger partial charge in [0.1, 0.15) is 11.6 Å². The summed E-state index contributed by atoms with van der Waals surface area (Å²) >= 11 is 0. The maximum absolute atomic E-state index is 14.0. The number of hydrogen-bond donors (Lipinski definition) is 4. The van der Waals surface area contributed by atoms with Crippen LogP contribution in [0.1, 0.15) is 37.1 Å². The Morgan fingerprint density at radius 1 is 1.21 bits per heavy atom. The Balaban J connectivity index is 1.47. The maximum Gasteiger partial charge on any atom is 0.321 e. The van der Waals surface area contributed by atoms with Crippen molar-refractivity contribution in [2.75, 3.05) is 31.6 Å². The van der Waals surface area contributed by atoms with Gasteiger partial charge in [-0.1, -0.05) is 12.1 Å². The molecule has 2 aliphatic heterocycles. The first-order chi connectivity index (χ1) is 16.3. The molecule has 2 aromatic carbocycles. The van der Waals surface area contributed by atoms with Crippen molar-refractivity contribution in [1.82, 2.24) is 14.8 Å². The quantitative estimate of drug-likeness (QED) is 0.464. The summed E-state index contributed by atoms with van der Waals surface area (Å²) in [5.41, 5.74) is 2.27. The number of rotatable bonds is 2. The molecule has 0 bridgehead atoms.